The Hall–Kier alpha value is -3.80. The van der Waals surface area contributed by atoms with Crippen LogP contribution in [0.2, 0.25) is 0 Å². The van der Waals surface area contributed by atoms with E-state index in [-0.39, 0.29) is 29.3 Å². The minimum absolute atomic E-state index is 0.0566. The molecule has 8 nitrogen and oxygen atoms in total. The molecule has 0 bridgehead atoms. The van der Waals surface area contributed by atoms with Crippen molar-refractivity contribution in [3.05, 3.63) is 60.2 Å². The van der Waals surface area contributed by atoms with E-state index < -0.39 is 11.7 Å². The number of nitrogens with two attached hydrogens (primary N) is 1. The molecule has 0 aliphatic heterocycles. The van der Waals surface area contributed by atoms with Crippen molar-refractivity contribution in [1.29, 1.82) is 0 Å². The van der Waals surface area contributed by atoms with Gasteiger partial charge >= 0.3 is 12.2 Å². The number of nitrogens with one attached hydrogen (secondary N) is 1. The minimum atomic E-state index is -4.46. The molecule has 0 aliphatic rings. The van der Waals surface area contributed by atoms with Crippen LogP contribution in [-0.4, -0.2) is 26.4 Å². The van der Waals surface area contributed by atoms with Gasteiger partial charge in [-0.3, -0.25) is 0 Å². The van der Waals surface area contributed by atoms with Gasteiger partial charge in [-0.1, -0.05) is 29.0 Å². The van der Waals surface area contributed by atoms with Gasteiger partial charge < -0.3 is 20.2 Å². The SMILES string of the molecule is CSc1nc(N)cc(Oc2cccc(-c3nnc(Nc4cccc(C(F)(F)F)c4)o3)c2)n1. The molecule has 0 unspecified atom stereocenters. The molecule has 0 radical (unpaired) electrons. The van der Waals surface area contributed by atoms with Crippen molar-refractivity contribution >= 4 is 29.3 Å². The number of alkyl halides is 3. The fraction of sp³-hybridized carbons (Fsp3) is 0.100. The molecule has 2 aromatic heterocycles. The van der Waals surface area contributed by atoms with E-state index in [4.69, 9.17) is 14.9 Å². The summed E-state index contributed by atoms with van der Waals surface area (Å²) in [6.07, 6.45) is -2.64. The lowest BCUT2D eigenvalue weighted by molar-refractivity contribution is -0.137. The van der Waals surface area contributed by atoms with Crippen molar-refractivity contribution in [3.8, 4) is 23.1 Å². The summed E-state index contributed by atoms with van der Waals surface area (Å²) in [5.41, 5.74) is 5.68. The molecule has 4 rings (SSSR count). The Labute approximate surface area is 184 Å². The molecule has 164 valence electrons. The lowest BCUT2D eigenvalue weighted by Gasteiger charge is -2.08. The van der Waals surface area contributed by atoms with Crippen LogP contribution in [0.1, 0.15) is 5.56 Å². The first kappa shape index (κ1) is 21.4. The van der Waals surface area contributed by atoms with Gasteiger partial charge in [0.25, 0.3) is 0 Å². The molecule has 32 heavy (non-hydrogen) atoms. The summed E-state index contributed by atoms with van der Waals surface area (Å²) in [4.78, 5) is 8.30. The summed E-state index contributed by atoms with van der Waals surface area (Å²) in [6, 6.07) is 12.9. The van der Waals surface area contributed by atoms with Gasteiger partial charge in [0.05, 0.1) is 5.56 Å². The standard InChI is InChI=1S/C20H15F3N6O2S/c1-32-19-26-15(24)10-16(27-19)30-14-7-2-4-11(8-14)17-28-29-18(31-17)25-13-6-3-5-12(9-13)20(21,22)23/h2-10H,1H3,(H,25,29)(H2,24,26,27). The number of anilines is 3. The largest absolute Gasteiger partial charge is 0.439 e. The van der Waals surface area contributed by atoms with Crippen molar-refractivity contribution in [2.75, 3.05) is 17.3 Å². The second-order valence-electron chi connectivity index (χ2n) is 6.36. The molecule has 12 heteroatoms. The molecule has 0 atom stereocenters. The Kier molecular flexibility index (Phi) is 5.86. The average Bonchev–Trinajstić information content (AvgIpc) is 3.21. The van der Waals surface area contributed by atoms with E-state index in [1.807, 2.05) is 6.26 Å². The smallest absolute Gasteiger partial charge is 0.416 e. The van der Waals surface area contributed by atoms with E-state index in [1.54, 1.807) is 24.3 Å². The van der Waals surface area contributed by atoms with Crippen molar-refractivity contribution in [1.82, 2.24) is 20.2 Å². The van der Waals surface area contributed by atoms with Crippen molar-refractivity contribution in [2.45, 2.75) is 11.3 Å². The highest BCUT2D eigenvalue weighted by Gasteiger charge is 2.30. The molecule has 0 saturated heterocycles. The van der Waals surface area contributed by atoms with Crippen LogP contribution in [0, 0.1) is 0 Å². The van der Waals surface area contributed by atoms with Crippen LogP contribution in [0.4, 0.5) is 30.7 Å². The fourth-order valence-electron chi connectivity index (χ4n) is 2.66. The van der Waals surface area contributed by atoms with E-state index in [9.17, 15) is 13.2 Å². The number of halogens is 3. The van der Waals surface area contributed by atoms with Crippen LogP contribution in [0.3, 0.4) is 0 Å². The Bertz CT molecular complexity index is 1250. The number of nitrogen functional groups attached to an aromatic ring is 1. The first-order chi connectivity index (χ1) is 15.3. The zero-order valence-corrected chi connectivity index (χ0v) is 17.2. The van der Waals surface area contributed by atoms with Crippen LogP contribution in [0.25, 0.3) is 11.5 Å². The van der Waals surface area contributed by atoms with Gasteiger partial charge in [-0.15, -0.1) is 5.10 Å². The molecule has 2 aromatic carbocycles. The molecule has 0 spiro atoms. The van der Waals surface area contributed by atoms with E-state index in [0.717, 1.165) is 12.1 Å². The molecule has 0 aliphatic carbocycles. The van der Waals surface area contributed by atoms with E-state index >= 15 is 0 Å². The number of hydrogen-bond donors (Lipinski definition) is 2. The molecule has 0 saturated carbocycles. The minimum Gasteiger partial charge on any atom is -0.439 e. The number of hydrogen-bond acceptors (Lipinski definition) is 9. The van der Waals surface area contributed by atoms with Gasteiger partial charge in [0.1, 0.15) is 11.6 Å². The second kappa shape index (κ2) is 8.75. The maximum Gasteiger partial charge on any atom is 0.416 e. The van der Waals surface area contributed by atoms with Gasteiger partial charge in [0.2, 0.25) is 11.8 Å². The molecular weight excluding hydrogens is 445 g/mol. The number of nitrogens with zero attached hydrogens (tertiary/aromatic N) is 4. The quantitative estimate of drug-likeness (QED) is 0.289. The number of benzene rings is 2. The lowest BCUT2D eigenvalue weighted by atomic mass is 10.2. The third kappa shape index (κ3) is 5.09. The van der Waals surface area contributed by atoms with Crippen molar-refractivity contribution in [3.63, 3.8) is 0 Å². The summed E-state index contributed by atoms with van der Waals surface area (Å²) >= 11 is 1.33. The Morgan fingerprint density at radius 3 is 2.62 bits per heavy atom. The molecule has 2 heterocycles. The van der Waals surface area contributed by atoms with Crippen LogP contribution in [0.5, 0.6) is 11.6 Å². The zero-order valence-electron chi connectivity index (χ0n) is 16.4. The van der Waals surface area contributed by atoms with Crippen LogP contribution < -0.4 is 15.8 Å². The number of thioether (sulfide) groups is 1. The summed E-state index contributed by atoms with van der Waals surface area (Å²) in [5, 5.41) is 10.9. The predicted octanol–water partition coefficient (Wildman–Crippen LogP) is 5.39. The topological polar surface area (TPSA) is 112 Å². The molecule has 0 fully saturated rings. The third-order valence-electron chi connectivity index (χ3n) is 4.05. The van der Waals surface area contributed by atoms with Crippen LogP contribution >= 0.6 is 11.8 Å². The summed E-state index contributed by atoms with van der Waals surface area (Å²) < 4.78 is 49.9. The Morgan fingerprint density at radius 2 is 1.84 bits per heavy atom. The van der Waals surface area contributed by atoms with Gasteiger partial charge in [-0.2, -0.15) is 18.2 Å². The number of rotatable bonds is 6. The number of ether oxygens (including phenoxy) is 1. The summed E-state index contributed by atoms with van der Waals surface area (Å²) in [5.74, 6) is 1.14. The van der Waals surface area contributed by atoms with Crippen LogP contribution in [0.15, 0.2) is 64.2 Å². The highest BCUT2D eigenvalue weighted by molar-refractivity contribution is 7.98. The Morgan fingerprint density at radius 1 is 1.03 bits per heavy atom. The lowest BCUT2D eigenvalue weighted by Crippen LogP contribution is -2.05. The van der Waals surface area contributed by atoms with Gasteiger partial charge in [0.15, 0.2) is 5.16 Å². The van der Waals surface area contributed by atoms with Gasteiger partial charge in [0, 0.05) is 17.3 Å². The second-order valence-corrected chi connectivity index (χ2v) is 7.14. The van der Waals surface area contributed by atoms with Crippen LogP contribution in [-0.2, 0) is 6.18 Å². The first-order valence-electron chi connectivity index (χ1n) is 9.05. The van der Waals surface area contributed by atoms with Crippen molar-refractivity contribution < 1.29 is 22.3 Å². The predicted molar refractivity (Wildman–Crippen MR) is 113 cm³/mol. The monoisotopic (exact) mass is 460 g/mol. The number of aromatic nitrogens is 4. The molecule has 3 N–H and O–H groups in total. The third-order valence-corrected chi connectivity index (χ3v) is 4.60. The highest BCUT2D eigenvalue weighted by atomic mass is 32.2. The van der Waals surface area contributed by atoms with Gasteiger partial charge in [-0.05, 0) is 42.7 Å². The van der Waals surface area contributed by atoms with E-state index in [2.05, 4.69) is 25.5 Å². The molecule has 0 amide bonds. The molecule has 4 aromatic rings. The normalized spacial score (nSPS) is 11.4. The summed E-state index contributed by atoms with van der Waals surface area (Å²) in [7, 11) is 0. The average molecular weight is 460 g/mol. The Balaban J connectivity index is 1.52. The molecular formula is C20H15F3N6O2S. The van der Waals surface area contributed by atoms with Gasteiger partial charge in [-0.25, -0.2) is 4.98 Å². The maximum absolute atomic E-state index is 12.9. The first-order valence-corrected chi connectivity index (χ1v) is 10.3. The maximum atomic E-state index is 12.9. The summed E-state index contributed by atoms with van der Waals surface area (Å²) in [6.45, 7) is 0. The van der Waals surface area contributed by atoms with E-state index in [1.165, 1.54) is 30.0 Å². The highest BCUT2D eigenvalue weighted by Crippen LogP contribution is 2.32. The zero-order chi connectivity index (χ0) is 22.7. The van der Waals surface area contributed by atoms with Crippen molar-refractivity contribution in [2.24, 2.45) is 0 Å². The fourth-order valence-corrected chi connectivity index (χ4v) is 3.04. The van der Waals surface area contributed by atoms with E-state index in [0.29, 0.717) is 16.5 Å².